The minimum atomic E-state index is -3.71. The van der Waals surface area contributed by atoms with Gasteiger partial charge in [0.2, 0.25) is 0 Å². The van der Waals surface area contributed by atoms with Gasteiger partial charge in [0.05, 0.1) is 0 Å². The molecule has 1 atom stereocenters. The van der Waals surface area contributed by atoms with Gasteiger partial charge in [0, 0.05) is 0 Å². The van der Waals surface area contributed by atoms with Crippen LogP contribution < -0.4 is 37.6 Å². The van der Waals surface area contributed by atoms with E-state index in [9.17, 15) is 8.02 Å². The summed E-state index contributed by atoms with van der Waals surface area (Å²) in [5, 5.41) is -0.688. The van der Waals surface area contributed by atoms with Crippen molar-refractivity contribution in [3.63, 3.8) is 0 Å². The van der Waals surface area contributed by atoms with Crippen LogP contribution in [0.5, 0.6) is 5.75 Å². The van der Waals surface area contributed by atoms with Crippen LogP contribution in [0.2, 0.25) is 25.1 Å². The van der Waals surface area contributed by atoms with Crippen LogP contribution in [0.25, 0.3) is 0 Å². The van der Waals surface area contributed by atoms with E-state index in [0.717, 1.165) is 0 Å². The van der Waals surface area contributed by atoms with E-state index in [4.69, 9.17) is 58.0 Å². The third-order valence-corrected chi connectivity index (χ3v) is 4.20. The van der Waals surface area contributed by atoms with E-state index >= 15 is 0 Å². The Hall–Kier alpha value is 1.71. The fourth-order valence-corrected chi connectivity index (χ4v) is 2.77. The summed E-state index contributed by atoms with van der Waals surface area (Å²) >= 11 is 24.6. The molecule has 11 heteroatoms. The van der Waals surface area contributed by atoms with Crippen LogP contribution in [0.15, 0.2) is 0 Å². The normalized spacial score (nSPS) is 11.2. The van der Waals surface area contributed by atoms with Gasteiger partial charge in [-0.05, 0) is 0 Å². The maximum absolute atomic E-state index is 10.4. The number of hydrogen-bond acceptors (Lipinski definition) is 3. The summed E-state index contributed by atoms with van der Waals surface area (Å²) in [6, 6.07) is 0. The van der Waals surface area contributed by atoms with Gasteiger partial charge in [-0.25, -0.2) is 0 Å². The first kappa shape index (κ1) is 21.0. The Balaban J connectivity index is 0. The van der Waals surface area contributed by atoms with Crippen LogP contribution in [-0.4, -0.2) is 20.0 Å². The van der Waals surface area contributed by atoms with E-state index in [1.165, 1.54) is 0 Å². The molecule has 1 aromatic carbocycles. The van der Waals surface area contributed by atoms with Crippen molar-refractivity contribution in [3.05, 3.63) is 25.1 Å². The second-order valence-corrected chi connectivity index (χ2v) is 5.28. The van der Waals surface area contributed by atoms with Gasteiger partial charge < -0.3 is 5.48 Å². The molecular formula is C6H2Cl5NaO4Se. The fraction of sp³-hybridized carbons (Fsp3) is 0. The summed E-state index contributed by atoms with van der Waals surface area (Å²) in [6.07, 6.45) is 0. The summed E-state index contributed by atoms with van der Waals surface area (Å²) in [5.41, 5.74) is 0. The fourth-order valence-electron chi connectivity index (χ4n) is 0.726. The minimum absolute atomic E-state index is 0. The van der Waals surface area contributed by atoms with Gasteiger partial charge in [-0.3, -0.25) is 0 Å². The molecule has 0 aliphatic rings. The predicted molar refractivity (Wildman–Crippen MR) is 62.2 cm³/mol. The van der Waals surface area contributed by atoms with Crippen molar-refractivity contribution in [1.29, 1.82) is 0 Å². The minimum Gasteiger partial charge on any atom is 1.00 e. The first-order valence-corrected chi connectivity index (χ1v) is 7.14. The number of benzene rings is 1. The standard InChI is InChI=1S/C6HCl5O3Se.Na.H2O/c7-1-2(8)4(10)6(14-15(12)13)5(11)3(1)9;;/h(H,12,13);;1H2/q;+1;/p-1. The molecule has 2 N–H and O–H groups in total. The molecule has 4 nitrogen and oxygen atoms in total. The Kier molecular flexibility index (Phi) is 10.9. The van der Waals surface area contributed by atoms with Crippen LogP contribution in [0.1, 0.15) is 0 Å². The van der Waals surface area contributed by atoms with Crippen molar-refractivity contribution in [2.75, 3.05) is 0 Å². The molecule has 0 aromatic heterocycles. The Labute approximate surface area is 148 Å². The summed E-state index contributed by atoms with van der Waals surface area (Å²) in [6.45, 7) is 0. The molecule has 0 fully saturated rings. The number of rotatable bonds is 2. The van der Waals surface area contributed by atoms with Gasteiger partial charge in [0.1, 0.15) is 0 Å². The van der Waals surface area contributed by atoms with Gasteiger partial charge in [0.25, 0.3) is 0 Å². The third-order valence-electron chi connectivity index (χ3n) is 1.32. The molecule has 0 aliphatic carbocycles. The summed E-state index contributed by atoms with van der Waals surface area (Å²) in [4.78, 5) is 0. The van der Waals surface area contributed by atoms with Gasteiger partial charge in [-0.2, -0.15) is 0 Å². The van der Waals surface area contributed by atoms with Crippen LogP contribution in [-0.2, 0) is 3.83 Å². The SMILES string of the molecule is O.O=[Se]([O-])Oc1c(Cl)c(Cl)c(Cl)c(Cl)c1Cl.[Na+]. The molecular weight excluding hydrogens is 415 g/mol. The van der Waals surface area contributed by atoms with Crippen LogP contribution in [0.3, 0.4) is 0 Å². The molecule has 0 aliphatic heterocycles. The molecule has 0 radical (unpaired) electrons. The maximum Gasteiger partial charge on any atom is 1.00 e. The average Bonchev–Trinajstić information content (AvgIpc) is 2.18. The molecule has 0 amide bonds. The monoisotopic (exact) mass is 416 g/mol. The van der Waals surface area contributed by atoms with Crippen molar-refractivity contribution in [1.82, 2.24) is 0 Å². The van der Waals surface area contributed by atoms with Gasteiger partial charge >= 0.3 is 145 Å². The van der Waals surface area contributed by atoms with Crippen LogP contribution >= 0.6 is 58.0 Å². The predicted octanol–water partition coefficient (Wildman–Crippen LogP) is -0.713. The van der Waals surface area contributed by atoms with E-state index in [1.54, 1.807) is 0 Å². The van der Waals surface area contributed by atoms with E-state index in [1.807, 2.05) is 0 Å². The zero-order chi connectivity index (χ0) is 11.7. The summed E-state index contributed by atoms with van der Waals surface area (Å²) in [7, 11) is 0. The zero-order valence-electron chi connectivity index (χ0n) is 8.02. The number of hydrogen-bond donors (Lipinski definition) is 0. The molecule has 0 saturated carbocycles. The van der Waals surface area contributed by atoms with Crippen molar-refractivity contribution in [3.8, 4) is 5.75 Å². The summed E-state index contributed by atoms with van der Waals surface area (Å²) < 4.78 is 25.3. The van der Waals surface area contributed by atoms with Crippen molar-refractivity contribution < 1.29 is 46.9 Å². The molecule has 17 heavy (non-hydrogen) atoms. The summed E-state index contributed by atoms with van der Waals surface area (Å²) in [5.74, 6) is -0.312. The largest absolute Gasteiger partial charge is 1.00 e. The van der Waals surface area contributed by atoms with Crippen LogP contribution in [0, 0.1) is 0 Å². The second-order valence-electron chi connectivity index (χ2n) is 2.19. The second kappa shape index (κ2) is 8.80. The average molecular weight is 417 g/mol. The van der Waals surface area contributed by atoms with Crippen LogP contribution in [0.4, 0.5) is 0 Å². The quantitative estimate of drug-likeness (QED) is 0.362. The number of halogens is 5. The van der Waals surface area contributed by atoms with Gasteiger partial charge in [-0.15, -0.1) is 0 Å². The van der Waals surface area contributed by atoms with E-state index in [0.29, 0.717) is 0 Å². The Morgan fingerprint density at radius 1 is 0.882 bits per heavy atom. The molecule has 92 valence electrons. The molecule has 1 aromatic rings. The molecule has 1 unspecified atom stereocenters. The van der Waals surface area contributed by atoms with Crippen molar-refractivity contribution >= 4 is 72.5 Å². The molecule has 1 rings (SSSR count). The van der Waals surface area contributed by atoms with Crippen molar-refractivity contribution in [2.45, 2.75) is 0 Å². The van der Waals surface area contributed by atoms with Gasteiger partial charge in [0.15, 0.2) is 0 Å². The molecule has 0 heterocycles. The Morgan fingerprint density at radius 2 is 1.18 bits per heavy atom. The van der Waals surface area contributed by atoms with E-state index in [2.05, 4.69) is 3.82 Å². The third kappa shape index (κ3) is 4.95. The Morgan fingerprint density at radius 3 is 1.47 bits per heavy atom. The molecule has 0 bridgehead atoms. The Bertz CT molecular complexity index is 414. The smallest absolute Gasteiger partial charge is 1.00 e. The van der Waals surface area contributed by atoms with E-state index in [-0.39, 0.29) is 65.9 Å². The molecule has 0 saturated heterocycles. The topological polar surface area (TPSA) is 80.9 Å². The van der Waals surface area contributed by atoms with E-state index < -0.39 is 14.5 Å². The van der Waals surface area contributed by atoms with Crippen molar-refractivity contribution in [2.24, 2.45) is 0 Å². The zero-order valence-corrected chi connectivity index (χ0v) is 15.5. The first-order valence-electron chi connectivity index (χ1n) is 3.15. The first-order chi connectivity index (χ1) is 6.86. The maximum atomic E-state index is 10.4. The van der Waals surface area contributed by atoms with Gasteiger partial charge in [-0.1, -0.05) is 0 Å². The molecule has 0 spiro atoms.